The highest BCUT2D eigenvalue weighted by molar-refractivity contribution is 5.17. The zero-order chi connectivity index (χ0) is 12.0. The number of nitrogens with one attached hydrogen (secondary N) is 1. The first-order valence-corrected chi connectivity index (χ1v) is 6.55. The maximum absolute atomic E-state index is 12.1. The summed E-state index contributed by atoms with van der Waals surface area (Å²) in [5, 5.41) is 3.27. The lowest BCUT2D eigenvalue weighted by atomic mass is 10.1. The summed E-state index contributed by atoms with van der Waals surface area (Å²) in [6.07, 6.45) is 6.29. The maximum atomic E-state index is 12.1. The first-order chi connectivity index (χ1) is 7.74. The van der Waals surface area contributed by atoms with Gasteiger partial charge in [0.1, 0.15) is 0 Å². The largest absolute Gasteiger partial charge is 0.299 e. The summed E-state index contributed by atoms with van der Waals surface area (Å²) >= 11 is 0. The van der Waals surface area contributed by atoms with Crippen LogP contribution in [0.1, 0.15) is 57.7 Å². The summed E-state index contributed by atoms with van der Waals surface area (Å²) in [4.78, 5) is 12.1. The summed E-state index contributed by atoms with van der Waals surface area (Å²) in [5.74, 6) is 0. The Labute approximate surface area is 97.8 Å². The number of hydrogen-bond donors (Lipinski definition) is 1. The highest BCUT2D eigenvalue weighted by Gasteiger charge is 2.12. The van der Waals surface area contributed by atoms with Crippen molar-refractivity contribution >= 4 is 0 Å². The summed E-state index contributed by atoms with van der Waals surface area (Å²) in [6.45, 7) is 7.21. The molecule has 1 rings (SSSR count). The predicted octanol–water partition coefficient (Wildman–Crippen LogP) is 2.88. The molecular weight excluding hydrogens is 200 g/mol. The average molecular weight is 224 g/mol. The number of aryl methyl sites for hydroxylation is 2. The normalized spacial score (nSPS) is 10.9. The van der Waals surface area contributed by atoms with Crippen molar-refractivity contribution in [3.8, 4) is 0 Å². The molecule has 0 saturated heterocycles. The quantitative estimate of drug-likeness (QED) is 0.759. The second kappa shape index (κ2) is 6.56. The fourth-order valence-corrected chi connectivity index (χ4v) is 2.02. The molecule has 3 nitrogen and oxygen atoms in total. The van der Waals surface area contributed by atoms with Crippen LogP contribution in [-0.4, -0.2) is 9.78 Å². The molecule has 0 amide bonds. The molecule has 16 heavy (non-hydrogen) atoms. The van der Waals surface area contributed by atoms with Crippen LogP contribution in [0.2, 0.25) is 0 Å². The number of aromatic amines is 1. The van der Waals surface area contributed by atoms with Gasteiger partial charge in [0.15, 0.2) is 0 Å². The number of rotatable bonds is 7. The first kappa shape index (κ1) is 13.1. The molecule has 0 unspecified atom stereocenters. The van der Waals surface area contributed by atoms with Crippen LogP contribution >= 0.6 is 0 Å². The number of unbranched alkanes of at least 4 members (excludes halogenated alkanes) is 1. The van der Waals surface area contributed by atoms with Crippen molar-refractivity contribution < 1.29 is 0 Å². The van der Waals surface area contributed by atoms with E-state index in [4.69, 9.17) is 0 Å². The molecule has 0 aliphatic carbocycles. The lowest BCUT2D eigenvalue weighted by Gasteiger charge is -1.99. The van der Waals surface area contributed by atoms with E-state index in [9.17, 15) is 4.79 Å². The SMILES string of the molecule is CCCCc1[nH]n(CCC)c(=O)c1CCC. The summed E-state index contributed by atoms with van der Waals surface area (Å²) in [7, 11) is 0. The number of hydrogen-bond acceptors (Lipinski definition) is 1. The summed E-state index contributed by atoms with van der Waals surface area (Å²) < 4.78 is 1.77. The Morgan fingerprint density at radius 3 is 2.38 bits per heavy atom. The van der Waals surface area contributed by atoms with Gasteiger partial charge in [-0.1, -0.05) is 33.6 Å². The molecule has 0 bridgehead atoms. The zero-order valence-electron chi connectivity index (χ0n) is 10.8. The van der Waals surface area contributed by atoms with Crippen LogP contribution in [0.4, 0.5) is 0 Å². The maximum Gasteiger partial charge on any atom is 0.269 e. The number of H-pyrrole nitrogens is 1. The van der Waals surface area contributed by atoms with Crippen molar-refractivity contribution in [1.29, 1.82) is 0 Å². The first-order valence-electron chi connectivity index (χ1n) is 6.55. The molecule has 0 atom stereocenters. The van der Waals surface area contributed by atoms with Gasteiger partial charge in [0, 0.05) is 17.8 Å². The molecule has 3 heteroatoms. The van der Waals surface area contributed by atoms with Gasteiger partial charge < -0.3 is 0 Å². The molecule has 0 saturated carbocycles. The molecule has 0 aliphatic rings. The fourth-order valence-electron chi connectivity index (χ4n) is 2.02. The topological polar surface area (TPSA) is 37.8 Å². The van der Waals surface area contributed by atoms with Gasteiger partial charge in [-0.2, -0.15) is 0 Å². The van der Waals surface area contributed by atoms with Crippen LogP contribution in [0.15, 0.2) is 4.79 Å². The van der Waals surface area contributed by atoms with Crippen molar-refractivity contribution in [2.75, 3.05) is 0 Å². The molecule has 0 fully saturated rings. The Morgan fingerprint density at radius 1 is 1.06 bits per heavy atom. The van der Waals surface area contributed by atoms with E-state index in [1.54, 1.807) is 4.68 Å². The van der Waals surface area contributed by atoms with Gasteiger partial charge >= 0.3 is 0 Å². The fraction of sp³-hybridized carbons (Fsp3) is 0.769. The monoisotopic (exact) mass is 224 g/mol. The van der Waals surface area contributed by atoms with E-state index in [-0.39, 0.29) is 5.56 Å². The third-order valence-electron chi connectivity index (χ3n) is 2.87. The van der Waals surface area contributed by atoms with E-state index < -0.39 is 0 Å². The standard InChI is InChI=1S/C13H24N2O/c1-4-7-9-12-11(8-5-2)13(16)15(14-12)10-6-3/h14H,4-10H2,1-3H3. The van der Waals surface area contributed by atoms with Crippen LogP contribution in [0.5, 0.6) is 0 Å². The second-order valence-corrected chi connectivity index (χ2v) is 4.38. The highest BCUT2D eigenvalue weighted by atomic mass is 16.1. The van der Waals surface area contributed by atoms with Crippen molar-refractivity contribution in [2.45, 2.75) is 65.8 Å². The van der Waals surface area contributed by atoms with Gasteiger partial charge in [-0.3, -0.25) is 14.6 Å². The van der Waals surface area contributed by atoms with E-state index in [1.165, 1.54) is 12.1 Å². The smallest absolute Gasteiger partial charge is 0.269 e. The van der Waals surface area contributed by atoms with Gasteiger partial charge in [0.25, 0.3) is 5.56 Å². The molecule has 0 radical (unpaired) electrons. The minimum Gasteiger partial charge on any atom is -0.299 e. The van der Waals surface area contributed by atoms with Crippen molar-refractivity contribution in [2.24, 2.45) is 0 Å². The molecule has 1 heterocycles. The Hall–Kier alpha value is -0.990. The van der Waals surface area contributed by atoms with E-state index in [0.717, 1.165) is 44.2 Å². The molecule has 92 valence electrons. The van der Waals surface area contributed by atoms with Gasteiger partial charge in [-0.05, 0) is 25.7 Å². The number of nitrogens with zero attached hydrogens (tertiary/aromatic N) is 1. The molecule has 1 aromatic heterocycles. The Bertz CT molecular complexity index is 362. The van der Waals surface area contributed by atoms with Crippen LogP contribution in [0.3, 0.4) is 0 Å². The number of aromatic nitrogens is 2. The molecule has 0 aromatic carbocycles. The summed E-state index contributed by atoms with van der Waals surface area (Å²) in [5.41, 5.74) is 2.39. The second-order valence-electron chi connectivity index (χ2n) is 4.38. The zero-order valence-corrected chi connectivity index (χ0v) is 10.8. The Balaban J connectivity index is 2.94. The van der Waals surface area contributed by atoms with Crippen molar-refractivity contribution in [3.05, 3.63) is 21.6 Å². The van der Waals surface area contributed by atoms with Crippen LogP contribution in [-0.2, 0) is 19.4 Å². The molecule has 1 aromatic rings. The van der Waals surface area contributed by atoms with Crippen LogP contribution in [0.25, 0.3) is 0 Å². The third kappa shape index (κ3) is 3.00. The minimum atomic E-state index is 0.204. The van der Waals surface area contributed by atoms with Gasteiger partial charge in [0.2, 0.25) is 0 Å². The third-order valence-corrected chi connectivity index (χ3v) is 2.87. The molecule has 1 N–H and O–H groups in total. The van der Waals surface area contributed by atoms with Gasteiger partial charge in [0.05, 0.1) is 0 Å². The van der Waals surface area contributed by atoms with Crippen molar-refractivity contribution in [3.63, 3.8) is 0 Å². The average Bonchev–Trinajstić information content (AvgIpc) is 2.56. The van der Waals surface area contributed by atoms with Crippen LogP contribution < -0.4 is 5.56 Å². The Morgan fingerprint density at radius 2 is 1.81 bits per heavy atom. The summed E-state index contributed by atoms with van der Waals surface area (Å²) in [6, 6.07) is 0. The lowest BCUT2D eigenvalue weighted by molar-refractivity contribution is 0.575. The molecule has 0 aliphatic heterocycles. The molecular formula is C13H24N2O. The van der Waals surface area contributed by atoms with Gasteiger partial charge in [-0.25, -0.2) is 0 Å². The molecule has 0 spiro atoms. The van der Waals surface area contributed by atoms with E-state index in [2.05, 4.69) is 25.9 Å². The van der Waals surface area contributed by atoms with E-state index in [0.29, 0.717) is 0 Å². The van der Waals surface area contributed by atoms with E-state index >= 15 is 0 Å². The van der Waals surface area contributed by atoms with E-state index in [1.807, 2.05) is 0 Å². The van der Waals surface area contributed by atoms with Crippen molar-refractivity contribution in [1.82, 2.24) is 9.78 Å². The van der Waals surface area contributed by atoms with Gasteiger partial charge in [-0.15, -0.1) is 0 Å². The van der Waals surface area contributed by atoms with Crippen LogP contribution in [0, 0.1) is 0 Å². The predicted molar refractivity (Wildman–Crippen MR) is 68.0 cm³/mol. The minimum absolute atomic E-state index is 0.204. The Kier molecular flexibility index (Phi) is 5.36. The highest BCUT2D eigenvalue weighted by Crippen LogP contribution is 2.08. The lowest BCUT2D eigenvalue weighted by Crippen LogP contribution is -2.18.